The van der Waals surface area contributed by atoms with Gasteiger partial charge < -0.3 is 10.2 Å². The van der Waals surface area contributed by atoms with Crippen molar-refractivity contribution in [2.75, 3.05) is 0 Å². The Morgan fingerprint density at radius 1 is 1.50 bits per heavy atom. The monoisotopic (exact) mass is 214 g/mol. The summed E-state index contributed by atoms with van der Waals surface area (Å²) in [6.07, 6.45) is -0.896. The summed E-state index contributed by atoms with van der Waals surface area (Å²) in [7, 11) is 0. The number of aliphatic carboxylic acids is 1. The third-order valence-electron chi connectivity index (χ3n) is 2.18. The maximum Gasteiger partial charge on any atom is 0.309 e. The molecule has 0 amide bonds. The van der Waals surface area contributed by atoms with Crippen LogP contribution < -0.4 is 0 Å². The second-order valence-corrected chi connectivity index (χ2v) is 4.55. The van der Waals surface area contributed by atoms with E-state index in [4.69, 9.17) is 5.11 Å². The number of hydrogen-bond acceptors (Lipinski definition) is 3. The van der Waals surface area contributed by atoms with Crippen LogP contribution in [0.5, 0.6) is 0 Å². The van der Waals surface area contributed by atoms with Gasteiger partial charge in [0, 0.05) is 4.88 Å². The first-order valence-electron chi connectivity index (χ1n) is 4.48. The molecule has 1 aromatic heterocycles. The molecule has 2 atom stereocenters. The van der Waals surface area contributed by atoms with Crippen LogP contribution in [0.2, 0.25) is 0 Å². The zero-order valence-electron chi connectivity index (χ0n) is 8.18. The van der Waals surface area contributed by atoms with E-state index in [9.17, 15) is 9.90 Å². The molecule has 0 spiro atoms. The third-order valence-corrected chi connectivity index (χ3v) is 3.12. The molecular formula is C10H14O3S. The van der Waals surface area contributed by atoms with Crippen LogP contribution in [0.25, 0.3) is 0 Å². The molecule has 0 saturated heterocycles. The Morgan fingerprint density at radius 3 is 2.50 bits per heavy atom. The topological polar surface area (TPSA) is 57.5 Å². The number of aliphatic hydroxyl groups excluding tert-OH is 1. The van der Waals surface area contributed by atoms with Crippen LogP contribution in [0.15, 0.2) is 17.5 Å². The highest BCUT2D eigenvalue weighted by Gasteiger charge is 2.31. The van der Waals surface area contributed by atoms with Gasteiger partial charge in [-0.25, -0.2) is 0 Å². The molecule has 78 valence electrons. The number of thiophene rings is 1. The smallest absolute Gasteiger partial charge is 0.309 e. The quantitative estimate of drug-likeness (QED) is 0.807. The van der Waals surface area contributed by atoms with Crippen LogP contribution in [0, 0.1) is 11.8 Å². The van der Waals surface area contributed by atoms with Crippen molar-refractivity contribution >= 4 is 17.3 Å². The summed E-state index contributed by atoms with van der Waals surface area (Å²) in [5.41, 5.74) is 0. The molecule has 0 aliphatic rings. The molecule has 0 aliphatic heterocycles. The van der Waals surface area contributed by atoms with Gasteiger partial charge in [-0.1, -0.05) is 19.9 Å². The molecule has 0 fully saturated rings. The minimum atomic E-state index is -0.944. The highest BCUT2D eigenvalue weighted by atomic mass is 32.1. The molecule has 1 heterocycles. The predicted molar refractivity (Wildman–Crippen MR) is 55.2 cm³/mol. The Morgan fingerprint density at radius 2 is 2.14 bits per heavy atom. The first-order valence-corrected chi connectivity index (χ1v) is 5.36. The van der Waals surface area contributed by atoms with Crippen molar-refractivity contribution in [1.82, 2.24) is 0 Å². The molecule has 3 nitrogen and oxygen atoms in total. The van der Waals surface area contributed by atoms with Gasteiger partial charge in [0.1, 0.15) is 6.10 Å². The Balaban J connectivity index is 2.84. The third kappa shape index (κ3) is 2.33. The Labute approximate surface area is 87.0 Å². The summed E-state index contributed by atoms with van der Waals surface area (Å²) in [5, 5.41) is 20.6. The van der Waals surface area contributed by atoms with Crippen molar-refractivity contribution in [1.29, 1.82) is 0 Å². The lowest BCUT2D eigenvalue weighted by Gasteiger charge is -2.21. The number of rotatable bonds is 4. The minimum absolute atomic E-state index is 0.0791. The van der Waals surface area contributed by atoms with Crippen LogP contribution in [0.3, 0.4) is 0 Å². The molecule has 0 aromatic carbocycles. The second-order valence-electron chi connectivity index (χ2n) is 3.57. The summed E-state index contributed by atoms with van der Waals surface area (Å²) in [4.78, 5) is 11.6. The normalized spacial score (nSPS) is 15.4. The number of carboxylic acids is 1. The van der Waals surface area contributed by atoms with E-state index in [0.717, 1.165) is 0 Å². The van der Waals surface area contributed by atoms with E-state index in [1.807, 2.05) is 11.4 Å². The Kier molecular flexibility index (Phi) is 3.66. The van der Waals surface area contributed by atoms with Crippen molar-refractivity contribution < 1.29 is 15.0 Å². The Hall–Kier alpha value is -0.870. The van der Waals surface area contributed by atoms with E-state index in [1.54, 1.807) is 19.9 Å². The van der Waals surface area contributed by atoms with E-state index in [2.05, 4.69) is 0 Å². The molecular weight excluding hydrogens is 200 g/mol. The zero-order chi connectivity index (χ0) is 10.7. The van der Waals surface area contributed by atoms with Crippen molar-refractivity contribution in [3.63, 3.8) is 0 Å². The van der Waals surface area contributed by atoms with Gasteiger partial charge in [-0.2, -0.15) is 0 Å². The lowest BCUT2D eigenvalue weighted by Crippen LogP contribution is -2.26. The summed E-state index contributed by atoms with van der Waals surface area (Å²) in [6.45, 7) is 3.60. The van der Waals surface area contributed by atoms with Gasteiger partial charge in [0.2, 0.25) is 0 Å². The van der Waals surface area contributed by atoms with E-state index in [0.29, 0.717) is 4.88 Å². The first-order chi connectivity index (χ1) is 6.54. The van der Waals surface area contributed by atoms with Gasteiger partial charge in [-0.15, -0.1) is 11.3 Å². The minimum Gasteiger partial charge on any atom is -0.481 e. The van der Waals surface area contributed by atoms with Crippen LogP contribution in [-0.4, -0.2) is 16.2 Å². The summed E-state index contributed by atoms with van der Waals surface area (Å²) in [5.74, 6) is -1.75. The standard InChI is InChI=1S/C10H14O3S/c1-6(2)8(10(12)13)9(11)7-4-3-5-14-7/h3-6,8-9,11H,1-2H3,(H,12,13). The van der Waals surface area contributed by atoms with Gasteiger partial charge in [0.15, 0.2) is 0 Å². The van der Waals surface area contributed by atoms with Gasteiger partial charge in [-0.05, 0) is 17.4 Å². The number of carbonyl (C=O) groups is 1. The predicted octanol–water partition coefficient (Wildman–Crippen LogP) is 2.14. The average Bonchev–Trinajstić information content (AvgIpc) is 2.53. The fraction of sp³-hybridized carbons (Fsp3) is 0.500. The maximum atomic E-state index is 10.9. The zero-order valence-corrected chi connectivity index (χ0v) is 8.99. The van der Waals surface area contributed by atoms with Gasteiger partial charge in [0.25, 0.3) is 0 Å². The fourth-order valence-electron chi connectivity index (χ4n) is 1.42. The maximum absolute atomic E-state index is 10.9. The molecule has 1 aromatic rings. The summed E-state index contributed by atoms with van der Waals surface area (Å²) >= 11 is 1.38. The summed E-state index contributed by atoms with van der Waals surface area (Å²) < 4.78 is 0. The van der Waals surface area contributed by atoms with Crippen LogP contribution in [0.1, 0.15) is 24.8 Å². The molecule has 4 heteroatoms. The molecule has 0 aliphatic carbocycles. The van der Waals surface area contributed by atoms with E-state index < -0.39 is 18.0 Å². The molecule has 0 radical (unpaired) electrons. The molecule has 1 rings (SSSR count). The van der Waals surface area contributed by atoms with Crippen LogP contribution in [0.4, 0.5) is 0 Å². The highest BCUT2D eigenvalue weighted by Crippen LogP contribution is 2.30. The van der Waals surface area contributed by atoms with Crippen molar-refractivity contribution in [2.45, 2.75) is 20.0 Å². The molecule has 0 saturated carbocycles. The number of carboxylic acid groups (broad SMARTS) is 1. The largest absolute Gasteiger partial charge is 0.481 e. The van der Waals surface area contributed by atoms with Crippen LogP contribution >= 0.6 is 11.3 Å². The Bertz CT molecular complexity index is 292. The van der Waals surface area contributed by atoms with E-state index in [-0.39, 0.29) is 5.92 Å². The molecule has 14 heavy (non-hydrogen) atoms. The SMILES string of the molecule is CC(C)C(C(=O)O)C(O)c1cccs1. The molecule has 2 N–H and O–H groups in total. The number of aliphatic hydroxyl groups is 1. The lowest BCUT2D eigenvalue weighted by atomic mass is 9.89. The second kappa shape index (κ2) is 4.57. The van der Waals surface area contributed by atoms with Crippen LogP contribution in [-0.2, 0) is 4.79 Å². The van der Waals surface area contributed by atoms with Gasteiger partial charge in [-0.3, -0.25) is 4.79 Å². The van der Waals surface area contributed by atoms with Crippen molar-refractivity contribution in [3.05, 3.63) is 22.4 Å². The van der Waals surface area contributed by atoms with Gasteiger partial charge >= 0.3 is 5.97 Å². The van der Waals surface area contributed by atoms with E-state index >= 15 is 0 Å². The molecule has 0 bridgehead atoms. The highest BCUT2D eigenvalue weighted by molar-refractivity contribution is 7.10. The van der Waals surface area contributed by atoms with Crippen molar-refractivity contribution in [2.24, 2.45) is 11.8 Å². The van der Waals surface area contributed by atoms with E-state index in [1.165, 1.54) is 11.3 Å². The number of hydrogen-bond donors (Lipinski definition) is 2. The molecule has 2 unspecified atom stereocenters. The summed E-state index contributed by atoms with van der Waals surface area (Å²) in [6, 6.07) is 3.57. The van der Waals surface area contributed by atoms with Crippen molar-refractivity contribution in [3.8, 4) is 0 Å². The average molecular weight is 214 g/mol. The first kappa shape index (κ1) is 11.2. The lowest BCUT2D eigenvalue weighted by molar-refractivity contribution is -0.148. The fourth-order valence-corrected chi connectivity index (χ4v) is 2.18. The van der Waals surface area contributed by atoms with Gasteiger partial charge in [0.05, 0.1) is 5.92 Å².